The first-order valence-corrected chi connectivity index (χ1v) is 6.69. The van der Waals surface area contributed by atoms with Gasteiger partial charge in [0.15, 0.2) is 0 Å². The van der Waals surface area contributed by atoms with Crippen molar-refractivity contribution >= 4 is 18.3 Å². The minimum absolute atomic E-state index is 0. The highest BCUT2D eigenvalue weighted by Crippen LogP contribution is 2.18. The number of hydrogen-bond donors (Lipinski definition) is 2. The van der Waals surface area contributed by atoms with Gasteiger partial charge in [0.25, 0.3) is 0 Å². The van der Waals surface area contributed by atoms with Gasteiger partial charge in [0.05, 0.1) is 19.2 Å². The van der Waals surface area contributed by atoms with Crippen LogP contribution in [0, 0.1) is 5.92 Å². The Labute approximate surface area is 127 Å². The van der Waals surface area contributed by atoms with E-state index in [1.54, 1.807) is 7.05 Å². The van der Waals surface area contributed by atoms with E-state index in [4.69, 9.17) is 4.74 Å². The molecule has 0 aliphatic carbocycles. The van der Waals surface area contributed by atoms with Gasteiger partial charge in [-0.25, -0.2) is 0 Å². The standard InChI is InChI=1S/C15H24N2O2.ClH/c1-11(2)10-19-14-7-5-13(6-8-14)12(3)17-15(18)9-16-4;/h5-8,11-12,16H,9-10H2,1-4H3,(H,17,18);1H. The molecule has 1 atom stereocenters. The summed E-state index contributed by atoms with van der Waals surface area (Å²) < 4.78 is 5.62. The second-order valence-electron chi connectivity index (χ2n) is 5.09. The molecular weight excluding hydrogens is 276 g/mol. The van der Waals surface area contributed by atoms with Crippen LogP contribution < -0.4 is 15.4 Å². The Kier molecular flexibility index (Phi) is 9.01. The van der Waals surface area contributed by atoms with E-state index in [1.165, 1.54) is 0 Å². The molecule has 1 rings (SSSR count). The number of halogens is 1. The lowest BCUT2D eigenvalue weighted by Gasteiger charge is -2.15. The van der Waals surface area contributed by atoms with E-state index in [9.17, 15) is 4.79 Å². The largest absolute Gasteiger partial charge is 0.493 e. The van der Waals surface area contributed by atoms with Crippen molar-refractivity contribution in [2.75, 3.05) is 20.2 Å². The maximum absolute atomic E-state index is 11.5. The number of hydrogen-bond acceptors (Lipinski definition) is 3. The fraction of sp³-hybridized carbons (Fsp3) is 0.533. The molecule has 0 saturated carbocycles. The number of benzene rings is 1. The van der Waals surface area contributed by atoms with Crippen LogP contribution in [-0.2, 0) is 4.79 Å². The molecule has 0 radical (unpaired) electrons. The molecule has 0 aliphatic rings. The molecule has 0 aliphatic heterocycles. The molecular formula is C15H25ClN2O2. The Balaban J connectivity index is 0.00000361. The third-order valence-electron chi connectivity index (χ3n) is 2.68. The molecule has 1 amide bonds. The van der Waals surface area contributed by atoms with Crippen LogP contribution in [-0.4, -0.2) is 26.1 Å². The molecule has 0 heterocycles. The smallest absolute Gasteiger partial charge is 0.234 e. The number of carbonyl (C=O) groups is 1. The van der Waals surface area contributed by atoms with Crippen molar-refractivity contribution in [1.82, 2.24) is 10.6 Å². The third kappa shape index (κ3) is 6.78. The van der Waals surface area contributed by atoms with Crippen molar-refractivity contribution in [3.05, 3.63) is 29.8 Å². The van der Waals surface area contributed by atoms with Crippen LogP contribution in [0.25, 0.3) is 0 Å². The fourth-order valence-electron chi connectivity index (χ4n) is 1.65. The summed E-state index contributed by atoms with van der Waals surface area (Å²) in [7, 11) is 1.76. The van der Waals surface area contributed by atoms with E-state index in [2.05, 4.69) is 24.5 Å². The average molecular weight is 301 g/mol. The Bertz CT molecular complexity index is 393. The number of amides is 1. The van der Waals surface area contributed by atoms with Gasteiger partial charge in [-0.3, -0.25) is 4.79 Å². The number of ether oxygens (including phenoxy) is 1. The van der Waals surface area contributed by atoms with Crippen molar-refractivity contribution in [2.45, 2.75) is 26.8 Å². The number of carbonyl (C=O) groups excluding carboxylic acids is 1. The Morgan fingerprint density at radius 2 is 1.80 bits per heavy atom. The van der Waals surface area contributed by atoms with Crippen molar-refractivity contribution in [2.24, 2.45) is 5.92 Å². The molecule has 20 heavy (non-hydrogen) atoms. The van der Waals surface area contributed by atoms with E-state index >= 15 is 0 Å². The summed E-state index contributed by atoms with van der Waals surface area (Å²) in [6, 6.07) is 7.86. The molecule has 1 unspecified atom stereocenters. The molecule has 0 saturated heterocycles. The van der Waals surface area contributed by atoms with Gasteiger partial charge < -0.3 is 15.4 Å². The predicted molar refractivity (Wildman–Crippen MR) is 84.5 cm³/mol. The third-order valence-corrected chi connectivity index (χ3v) is 2.68. The van der Waals surface area contributed by atoms with Crippen LogP contribution in [0.5, 0.6) is 5.75 Å². The monoisotopic (exact) mass is 300 g/mol. The second kappa shape index (κ2) is 9.61. The van der Waals surface area contributed by atoms with E-state index in [1.807, 2.05) is 31.2 Å². The van der Waals surface area contributed by atoms with Gasteiger partial charge in [0.2, 0.25) is 5.91 Å². The van der Waals surface area contributed by atoms with Gasteiger partial charge in [0, 0.05) is 0 Å². The summed E-state index contributed by atoms with van der Waals surface area (Å²) >= 11 is 0. The summed E-state index contributed by atoms with van der Waals surface area (Å²) in [5.41, 5.74) is 1.07. The maximum atomic E-state index is 11.5. The highest BCUT2D eigenvalue weighted by atomic mass is 35.5. The zero-order chi connectivity index (χ0) is 14.3. The zero-order valence-electron chi connectivity index (χ0n) is 12.6. The van der Waals surface area contributed by atoms with Gasteiger partial charge in [-0.1, -0.05) is 26.0 Å². The second-order valence-corrected chi connectivity index (χ2v) is 5.09. The van der Waals surface area contributed by atoms with Crippen LogP contribution in [0.3, 0.4) is 0 Å². The van der Waals surface area contributed by atoms with Gasteiger partial charge in [0.1, 0.15) is 5.75 Å². The summed E-state index contributed by atoms with van der Waals surface area (Å²) in [4.78, 5) is 11.5. The summed E-state index contributed by atoms with van der Waals surface area (Å²) in [6.45, 7) is 7.26. The lowest BCUT2D eigenvalue weighted by atomic mass is 10.1. The molecule has 0 aromatic heterocycles. The molecule has 0 bridgehead atoms. The van der Waals surface area contributed by atoms with E-state index in [-0.39, 0.29) is 24.4 Å². The molecule has 5 heteroatoms. The van der Waals surface area contributed by atoms with Gasteiger partial charge in [-0.2, -0.15) is 0 Å². The Hall–Kier alpha value is -1.26. The summed E-state index contributed by atoms with van der Waals surface area (Å²) in [5, 5.41) is 5.75. The number of rotatable bonds is 7. The first kappa shape index (κ1) is 18.7. The van der Waals surface area contributed by atoms with Crippen LogP contribution in [0.1, 0.15) is 32.4 Å². The van der Waals surface area contributed by atoms with Crippen LogP contribution in [0.4, 0.5) is 0 Å². The maximum Gasteiger partial charge on any atom is 0.234 e. The lowest BCUT2D eigenvalue weighted by molar-refractivity contribution is -0.120. The first-order chi connectivity index (χ1) is 9.02. The lowest BCUT2D eigenvalue weighted by Crippen LogP contribution is -2.33. The number of likely N-dealkylation sites (N-methyl/N-ethyl adjacent to an activating group) is 1. The van der Waals surface area contributed by atoms with Crippen LogP contribution in [0.2, 0.25) is 0 Å². The molecule has 0 fully saturated rings. The summed E-state index contributed by atoms with van der Waals surface area (Å²) in [6.07, 6.45) is 0. The summed E-state index contributed by atoms with van der Waals surface area (Å²) in [5.74, 6) is 1.38. The van der Waals surface area contributed by atoms with Crippen molar-refractivity contribution < 1.29 is 9.53 Å². The predicted octanol–water partition coefficient (Wildman–Crippen LogP) is 2.54. The van der Waals surface area contributed by atoms with Gasteiger partial charge in [-0.15, -0.1) is 12.4 Å². The molecule has 2 N–H and O–H groups in total. The minimum Gasteiger partial charge on any atom is -0.493 e. The fourth-order valence-corrected chi connectivity index (χ4v) is 1.65. The first-order valence-electron chi connectivity index (χ1n) is 6.69. The van der Waals surface area contributed by atoms with Gasteiger partial charge in [-0.05, 0) is 37.6 Å². The van der Waals surface area contributed by atoms with Crippen molar-refractivity contribution in [3.63, 3.8) is 0 Å². The molecule has 0 spiro atoms. The zero-order valence-corrected chi connectivity index (χ0v) is 13.4. The Morgan fingerprint density at radius 1 is 1.20 bits per heavy atom. The normalized spacial score (nSPS) is 11.7. The van der Waals surface area contributed by atoms with E-state index in [0.29, 0.717) is 19.1 Å². The number of nitrogens with one attached hydrogen (secondary N) is 2. The van der Waals surface area contributed by atoms with E-state index in [0.717, 1.165) is 11.3 Å². The van der Waals surface area contributed by atoms with Crippen molar-refractivity contribution in [3.8, 4) is 5.75 Å². The topological polar surface area (TPSA) is 50.4 Å². The molecule has 1 aromatic rings. The Morgan fingerprint density at radius 3 is 2.30 bits per heavy atom. The van der Waals surface area contributed by atoms with Crippen LogP contribution >= 0.6 is 12.4 Å². The quantitative estimate of drug-likeness (QED) is 0.813. The van der Waals surface area contributed by atoms with E-state index < -0.39 is 0 Å². The molecule has 4 nitrogen and oxygen atoms in total. The molecule has 1 aromatic carbocycles. The van der Waals surface area contributed by atoms with Crippen molar-refractivity contribution in [1.29, 1.82) is 0 Å². The van der Waals surface area contributed by atoms with Crippen LogP contribution in [0.15, 0.2) is 24.3 Å². The average Bonchev–Trinajstić information content (AvgIpc) is 2.37. The minimum atomic E-state index is -0.00451. The highest BCUT2D eigenvalue weighted by Gasteiger charge is 2.08. The molecule has 114 valence electrons. The van der Waals surface area contributed by atoms with Gasteiger partial charge >= 0.3 is 0 Å². The highest BCUT2D eigenvalue weighted by molar-refractivity contribution is 5.85. The SMILES string of the molecule is CNCC(=O)NC(C)c1ccc(OCC(C)C)cc1.Cl.